The third-order valence-corrected chi connectivity index (χ3v) is 6.21. The number of ketones is 1. The summed E-state index contributed by atoms with van der Waals surface area (Å²) in [5, 5.41) is 11.6. The smallest absolute Gasteiger partial charge is 0.295 e. The summed E-state index contributed by atoms with van der Waals surface area (Å²) in [5.41, 5.74) is 1.15. The number of halogens is 1. The minimum absolute atomic E-state index is 0.0511. The highest BCUT2D eigenvalue weighted by atomic mass is 35.5. The Morgan fingerprint density at radius 2 is 1.88 bits per heavy atom. The van der Waals surface area contributed by atoms with Crippen LogP contribution in [-0.4, -0.2) is 72.6 Å². The summed E-state index contributed by atoms with van der Waals surface area (Å²) in [6.07, 6.45) is 1.64. The Hall–Kier alpha value is -3.13. The zero-order chi connectivity index (χ0) is 24.1. The Bertz CT molecular complexity index is 1090. The van der Waals surface area contributed by atoms with E-state index in [1.807, 2.05) is 6.07 Å². The highest BCUT2D eigenvalue weighted by Gasteiger charge is 2.46. The average Bonchev–Trinajstić information content (AvgIpc) is 3.12. The SMILES string of the molecule is C=CCOc1cccc([C@@H]2C(=C(O)c3ccc(Cl)cc3)C(=O)C(=O)N2CCN2CCOCC2)c1. The zero-order valence-electron chi connectivity index (χ0n) is 18.8. The molecule has 1 atom stereocenters. The van der Waals surface area contributed by atoms with Crippen molar-refractivity contribution >= 4 is 29.1 Å². The first-order valence-electron chi connectivity index (χ1n) is 11.2. The van der Waals surface area contributed by atoms with Gasteiger partial charge >= 0.3 is 0 Å². The lowest BCUT2D eigenvalue weighted by atomic mass is 9.95. The van der Waals surface area contributed by atoms with Crippen LogP contribution in [0.4, 0.5) is 0 Å². The molecule has 7 nitrogen and oxygen atoms in total. The molecule has 0 spiro atoms. The minimum Gasteiger partial charge on any atom is -0.507 e. The van der Waals surface area contributed by atoms with Crippen molar-refractivity contribution in [3.63, 3.8) is 0 Å². The number of aliphatic hydroxyl groups excluding tert-OH is 1. The van der Waals surface area contributed by atoms with E-state index >= 15 is 0 Å². The van der Waals surface area contributed by atoms with Crippen molar-refractivity contribution in [3.05, 3.63) is 82.9 Å². The average molecular weight is 483 g/mol. The minimum atomic E-state index is -0.746. The van der Waals surface area contributed by atoms with Crippen LogP contribution in [0.1, 0.15) is 17.2 Å². The fraction of sp³-hybridized carbons (Fsp3) is 0.308. The highest BCUT2D eigenvalue weighted by Crippen LogP contribution is 2.40. The Balaban J connectivity index is 1.73. The number of ether oxygens (including phenoxy) is 2. The summed E-state index contributed by atoms with van der Waals surface area (Å²) in [7, 11) is 0. The molecular weight excluding hydrogens is 456 g/mol. The number of carbonyl (C=O) groups is 2. The van der Waals surface area contributed by atoms with Gasteiger partial charge in [0.2, 0.25) is 0 Å². The van der Waals surface area contributed by atoms with Gasteiger partial charge in [0.25, 0.3) is 11.7 Å². The Morgan fingerprint density at radius 3 is 2.59 bits per heavy atom. The lowest BCUT2D eigenvalue weighted by molar-refractivity contribution is -0.140. The number of rotatable bonds is 8. The van der Waals surface area contributed by atoms with Crippen molar-refractivity contribution in [3.8, 4) is 5.75 Å². The van der Waals surface area contributed by atoms with Crippen LogP contribution in [0.25, 0.3) is 5.76 Å². The maximum atomic E-state index is 13.2. The van der Waals surface area contributed by atoms with Gasteiger partial charge in [-0.2, -0.15) is 0 Å². The third kappa shape index (κ3) is 5.17. The number of Topliss-reactive ketones (excluding diaryl/α,β-unsaturated/α-hetero) is 1. The summed E-state index contributed by atoms with van der Waals surface area (Å²) in [6, 6.07) is 13.0. The molecule has 2 aromatic rings. The van der Waals surface area contributed by atoms with Gasteiger partial charge in [0.1, 0.15) is 18.1 Å². The number of nitrogens with zero attached hydrogens (tertiary/aromatic N) is 2. The number of morpholine rings is 1. The number of aliphatic hydroxyl groups is 1. The predicted octanol–water partition coefficient (Wildman–Crippen LogP) is 3.66. The van der Waals surface area contributed by atoms with Crippen LogP contribution in [0, 0.1) is 0 Å². The molecule has 4 rings (SSSR count). The van der Waals surface area contributed by atoms with Crippen LogP contribution in [0.15, 0.2) is 66.8 Å². The van der Waals surface area contributed by atoms with Crippen LogP contribution in [0.3, 0.4) is 0 Å². The molecule has 0 radical (unpaired) electrons. The van der Waals surface area contributed by atoms with Crippen molar-refractivity contribution in [2.45, 2.75) is 6.04 Å². The molecule has 2 aromatic carbocycles. The first-order chi connectivity index (χ1) is 16.5. The van der Waals surface area contributed by atoms with Gasteiger partial charge in [-0.05, 0) is 42.0 Å². The maximum absolute atomic E-state index is 13.2. The molecule has 178 valence electrons. The maximum Gasteiger partial charge on any atom is 0.295 e. The Labute approximate surface area is 203 Å². The van der Waals surface area contributed by atoms with E-state index in [9.17, 15) is 14.7 Å². The molecule has 2 saturated heterocycles. The van der Waals surface area contributed by atoms with Gasteiger partial charge in [-0.3, -0.25) is 14.5 Å². The molecule has 0 saturated carbocycles. The fourth-order valence-electron chi connectivity index (χ4n) is 4.22. The van der Waals surface area contributed by atoms with Gasteiger partial charge in [-0.1, -0.05) is 36.4 Å². The molecular formula is C26H27ClN2O5. The molecule has 0 bridgehead atoms. The predicted molar refractivity (Wildman–Crippen MR) is 130 cm³/mol. The summed E-state index contributed by atoms with van der Waals surface area (Å²) in [5.74, 6) is -0.989. The van der Waals surface area contributed by atoms with E-state index in [4.69, 9.17) is 21.1 Å². The van der Waals surface area contributed by atoms with E-state index in [0.717, 1.165) is 13.1 Å². The largest absolute Gasteiger partial charge is 0.507 e. The van der Waals surface area contributed by atoms with Crippen LogP contribution < -0.4 is 4.74 Å². The molecule has 0 aliphatic carbocycles. The monoisotopic (exact) mass is 482 g/mol. The number of carbonyl (C=O) groups excluding carboxylic acids is 2. The van der Waals surface area contributed by atoms with E-state index in [2.05, 4.69) is 11.5 Å². The Morgan fingerprint density at radius 1 is 1.15 bits per heavy atom. The fourth-order valence-corrected chi connectivity index (χ4v) is 4.35. The van der Waals surface area contributed by atoms with E-state index in [1.165, 1.54) is 4.90 Å². The van der Waals surface area contributed by atoms with Gasteiger partial charge in [0, 0.05) is 36.8 Å². The van der Waals surface area contributed by atoms with Crippen molar-refractivity contribution in [2.24, 2.45) is 0 Å². The number of likely N-dealkylation sites (tertiary alicyclic amines) is 1. The highest BCUT2D eigenvalue weighted by molar-refractivity contribution is 6.46. The van der Waals surface area contributed by atoms with E-state index in [-0.39, 0.29) is 11.3 Å². The van der Waals surface area contributed by atoms with Crippen molar-refractivity contribution in [1.82, 2.24) is 9.80 Å². The van der Waals surface area contributed by atoms with Gasteiger partial charge in [0.05, 0.1) is 24.8 Å². The van der Waals surface area contributed by atoms with Gasteiger partial charge in [-0.25, -0.2) is 0 Å². The topological polar surface area (TPSA) is 79.3 Å². The second-order valence-corrected chi connectivity index (χ2v) is 8.56. The molecule has 8 heteroatoms. The molecule has 2 aliphatic heterocycles. The van der Waals surface area contributed by atoms with Crippen molar-refractivity contribution in [2.75, 3.05) is 46.0 Å². The van der Waals surface area contributed by atoms with Gasteiger partial charge in [0.15, 0.2) is 0 Å². The molecule has 2 heterocycles. The second-order valence-electron chi connectivity index (χ2n) is 8.13. The van der Waals surface area contributed by atoms with Gasteiger partial charge in [-0.15, -0.1) is 0 Å². The lowest BCUT2D eigenvalue weighted by Crippen LogP contribution is -2.42. The number of benzene rings is 2. The normalized spacial score (nSPS) is 20.5. The number of hydrogen-bond donors (Lipinski definition) is 1. The summed E-state index contributed by atoms with van der Waals surface area (Å²) in [6.45, 7) is 7.74. The second kappa shape index (κ2) is 10.9. The van der Waals surface area contributed by atoms with Crippen molar-refractivity contribution in [1.29, 1.82) is 0 Å². The van der Waals surface area contributed by atoms with Gasteiger partial charge < -0.3 is 19.5 Å². The molecule has 0 unspecified atom stereocenters. The molecule has 0 aromatic heterocycles. The summed E-state index contributed by atoms with van der Waals surface area (Å²) < 4.78 is 11.1. The first-order valence-corrected chi connectivity index (χ1v) is 11.6. The summed E-state index contributed by atoms with van der Waals surface area (Å²) >= 11 is 5.99. The van der Waals surface area contributed by atoms with Crippen LogP contribution >= 0.6 is 11.6 Å². The van der Waals surface area contributed by atoms with E-state index < -0.39 is 17.7 Å². The van der Waals surface area contributed by atoms with E-state index in [0.29, 0.717) is 54.8 Å². The Kier molecular flexibility index (Phi) is 7.67. The lowest BCUT2D eigenvalue weighted by Gasteiger charge is -2.31. The molecule has 2 aliphatic rings. The number of amides is 1. The standard InChI is InChI=1S/C26H27ClN2O5/c1-2-14-34-21-5-3-4-19(17-21)23-22(24(30)18-6-8-20(27)9-7-18)25(31)26(32)29(23)11-10-28-12-15-33-16-13-28/h2-9,17,23,30H,1,10-16H2/t23-/m1/s1. The molecule has 2 fully saturated rings. The molecule has 1 N–H and O–H groups in total. The van der Waals surface area contributed by atoms with Crippen LogP contribution in [0.2, 0.25) is 5.02 Å². The molecule has 1 amide bonds. The molecule has 34 heavy (non-hydrogen) atoms. The number of hydrogen-bond acceptors (Lipinski definition) is 6. The zero-order valence-corrected chi connectivity index (χ0v) is 19.5. The quantitative estimate of drug-likeness (QED) is 0.268. The first kappa shape index (κ1) is 24.0. The summed E-state index contributed by atoms with van der Waals surface area (Å²) in [4.78, 5) is 30.0. The van der Waals surface area contributed by atoms with E-state index in [1.54, 1.807) is 48.5 Å². The van der Waals surface area contributed by atoms with Crippen molar-refractivity contribution < 1.29 is 24.2 Å². The third-order valence-electron chi connectivity index (χ3n) is 5.96. The van der Waals surface area contributed by atoms with Crippen LogP contribution in [0.5, 0.6) is 5.75 Å². The van der Waals surface area contributed by atoms with Crippen LogP contribution in [-0.2, 0) is 14.3 Å².